The molecule has 2 aromatic rings. The number of ketones is 1. The van der Waals surface area contributed by atoms with E-state index in [4.69, 9.17) is 0 Å². The summed E-state index contributed by atoms with van der Waals surface area (Å²) in [6.45, 7) is 2.79. The maximum atomic E-state index is 12.1. The first-order valence-corrected chi connectivity index (χ1v) is 7.24. The van der Waals surface area contributed by atoms with E-state index in [9.17, 15) is 9.59 Å². The maximum absolute atomic E-state index is 12.1. The van der Waals surface area contributed by atoms with Crippen LogP contribution >= 0.6 is 22.6 Å². The number of carbonyl (C=O) groups is 1. The minimum atomic E-state index is -0.124. The van der Waals surface area contributed by atoms with Gasteiger partial charge in [-0.3, -0.25) is 13.9 Å². The molecule has 0 aliphatic carbocycles. The van der Waals surface area contributed by atoms with Gasteiger partial charge in [0.25, 0.3) is 0 Å². The molecule has 4 nitrogen and oxygen atoms in total. The molecule has 0 unspecified atom stereocenters. The number of hydrogen-bond acceptors (Lipinski definition) is 2. The van der Waals surface area contributed by atoms with Crippen molar-refractivity contribution in [2.45, 2.75) is 26.4 Å². The lowest BCUT2D eigenvalue weighted by molar-refractivity contribution is 0.0970. The van der Waals surface area contributed by atoms with Crippen molar-refractivity contribution in [1.82, 2.24) is 9.13 Å². The van der Waals surface area contributed by atoms with E-state index in [0.717, 1.165) is 9.99 Å². The van der Waals surface area contributed by atoms with Crippen LogP contribution in [0, 0.1) is 3.57 Å². The smallest absolute Gasteiger partial charge is 0.299 e. The van der Waals surface area contributed by atoms with Crippen LogP contribution in [0.4, 0.5) is 0 Å². The van der Waals surface area contributed by atoms with Crippen LogP contribution in [0.5, 0.6) is 0 Å². The van der Waals surface area contributed by atoms with Gasteiger partial charge in [-0.05, 0) is 41.1 Å². The summed E-state index contributed by atoms with van der Waals surface area (Å²) in [4.78, 5) is 24.0. The monoisotopic (exact) mass is 370 g/mol. The summed E-state index contributed by atoms with van der Waals surface area (Å²) >= 11 is 2.19. The van der Waals surface area contributed by atoms with E-state index in [1.54, 1.807) is 29.1 Å². The van der Waals surface area contributed by atoms with Crippen molar-refractivity contribution in [2.24, 2.45) is 0 Å². The zero-order valence-electron chi connectivity index (χ0n) is 10.7. The Kier molecular flexibility index (Phi) is 4.57. The van der Waals surface area contributed by atoms with Crippen molar-refractivity contribution in [2.75, 3.05) is 0 Å². The third-order valence-electron chi connectivity index (χ3n) is 2.86. The molecule has 0 N–H and O–H groups in total. The second-order valence-electron chi connectivity index (χ2n) is 4.33. The van der Waals surface area contributed by atoms with Gasteiger partial charge in [0, 0.05) is 28.1 Å². The van der Waals surface area contributed by atoms with Crippen LogP contribution in [0.15, 0.2) is 41.5 Å². The van der Waals surface area contributed by atoms with E-state index in [2.05, 4.69) is 22.6 Å². The number of benzene rings is 1. The third-order valence-corrected chi connectivity index (χ3v) is 3.58. The summed E-state index contributed by atoms with van der Waals surface area (Å²) in [5.41, 5.74) is 0.510. The number of imidazole rings is 1. The zero-order valence-corrected chi connectivity index (χ0v) is 12.8. The fourth-order valence-electron chi connectivity index (χ4n) is 1.87. The van der Waals surface area contributed by atoms with Gasteiger partial charge >= 0.3 is 5.69 Å². The molecule has 0 aliphatic rings. The Morgan fingerprint density at radius 2 is 1.79 bits per heavy atom. The van der Waals surface area contributed by atoms with Gasteiger partial charge in [0.05, 0.1) is 6.54 Å². The second kappa shape index (κ2) is 6.18. The number of nitrogens with zero attached hydrogens (tertiary/aromatic N) is 2. The Morgan fingerprint density at radius 3 is 2.42 bits per heavy atom. The first kappa shape index (κ1) is 14.0. The summed E-state index contributed by atoms with van der Waals surface area (Å²) in [6.07, 6.45) is 4.30. The van der Waals surface area contributed by atoms with Crippen LogP contribution in [0.3, 0.4) is 0 Å². The minimum absolute atomic E-state index is 0.0484. The van der Waals surface area contributed by atoms with Crippen LogP contribution < -0.4 is 5.69 Å². The van der Waals surface area contributed by atoms with Crippen LogP contribution in [0.2, 0.25) is 0 Å². The van der Waals surface area contributed by atoms with E-state index in [1.807, 2.05) is 19.1 Å². The molecular formula is C14H15IN2O2. The second-order valence-corrected chi connectivity index (χ2v) is 5.58. The van der Waals surface area contributed by atoms with Gasteiger partial charge in [-0.25, -0.2) is 4.79 Å². The fourth-order valence-corrected chi connectivity index (χ4v) is 2.23. The molecule has 0 amide bonds. The van der Waals surface area contributed by atoms with Crippen molar-refractivity contribution in [3.63, 3.8) is 0 Å². The SMILES string of the molecule is CCCn1ccn(CC(=O)c2ccc(I)cc2)c1=O. The molecule has 0 saturated carbocycles. The standard InChI is InChI=1S/C14H15IN2O2/c1-2-7-16-8-9-17(14(16)19)10-13(18)11-3-5-12(15)6-4-11/h3-6,8-9H,2,7,10H2,1H3. The molecule has 100 valence electrons. The lowest BCUT2D eigenvalue weighted by Crippen LogP contribution is -2.26. The van der Waals surface area contributed by atoms with Crippen LogP contribution in [0.25, 0.3) is 0 Å². The van der Waals surface area contributed by atoms with Gasteiger partial charge in [0.1, 0.15) is 0 Å². The molecule has 2 rings (SSSR count). The van der Waals surface area contributed by atoms with Crippen molar-refractivity contribution in [3.8, 4) is 0 Å². The first-order chi connectivity index (χ1) is 9.11. The van der Waals surface area contributed by atoms with Gasteiger partial charge in [-0.1, -0.05) is 19.1 Å². The largest absolute Gasteiger partial charge is 0.328 e. The quantitative estimate of drug-likeness (QED) is 0.600. The average molecular weight is 370 g/mol. The predicted molar refractivity (Wildman–Crippen MR) is 82.5 cm³/mol. The van der Waals surface area contributed by atoms with E-state index in [-0.39, 0.29) is 18.0 Å². The van der Waals surface area contributed by atoms with E-state index in [0.29, 0.717) is 12.1 Å². The Hall–Kier alpha value is -1.37. The molecule has 0 spiro atoms. The highest BCUT2D eigenvalue weighted by Crippen LogP contribution is 2.08. The van der Waals surface area contributed by atoms with Gasteiger partial charge in [-0.2, -0.15) is 0 Å². The van der Waals surface area contributed by atoms with Crippen LogP contribution in [0.1, 0.15) is 23.7 Å². The normalized spacial score (nSPS) is 10.6. The molecular weight excluding hydrogens is 355 g/mol. The van der Waals surface area contributed by atoms with Gasteiger partial charge < -0.3 is 0 Å². The Morgan fingerprint density at radius 1 is 1.16 bits per heavy atom. The molecule has 0 saturated heterocycles. The number of carbonyl (C=O) groups excluding carboxylic acids is 1. The lowest BCUT2D eigenvalue weighted by Gasteiger charge is -2.02. The molecule has 0 bridgehead atoms. The van der Waals surface area contributed by atoms with E-state index >= 15 is 0 Å². The minimum Gasteiger partial charge on any atom is -0.299 e. The fraction of sp³-hybridized carbons (Fsp3) is 0.286. The Bertz CT molecular complexity index is 626. The number of aryl methyl sites for hydroxylation is 1. The number of Topliss-reactive ketones (excluding diaryl/α,β-unsaturated/α-hetero) is 1. The molecule has 5 heteroatoms. The van der Waals surface area contributed by atoms with E-state index in [1.165, 1.54) is 4.57 Å². The number of aromatic nitrogens is 2. The summed E-state index contributed by atoms with van der Waals surface area (Å²) in [5.74, 6) is -0.0484. The number of rotatable bonds is 5. The molecule has 1 heterocycles. The molecule has 0 atom stereocenters. The molecule has 1 aromatic heterocycles. The summed E-state index contributed by atoms with van der Waals surface area (Å²) in [6, 6.07) is 7.36. The lowest BCUT2D eigenvalue weighted by atomic mass is 10.1. The highest BCUT2D eigenvalue weighted by molar-refractivity contribution is 14.1. The topological polar surface area (TPSA) is 44.0 Å². The first-order valence-electron chi connectivity index (χ1n) is 6.16. The van der Waals surface area contributed by atoms with Gasteiger partial charge in [0.2, 0.25) is 0 Å². The van der Waals surface area contributed by atoms with Crippen molar-refractivity contribution >= 4 is 28.4 Å². The summed E-state index contributed by atoms with van der Waals surface area (Å²) in [5, 5.41) is 0. The van der Waals surface area contributed by atoms with Crippen LogP contribution in [-0.2, 0) is 13.1 Å². The van der Waals surface area contributed by atoms with Crippen molar-refractivity contribution in [1.29, 1.82) is 0 Å². The summed E-state index contributed by atoms with van der Waals surface area (Å²) < 4.78 is 4.16. The van der Waals surface area contributed by atoms with Crippen molar-refractivity contribution in [3.05, 3.63) is 56.3 Å². The van der Waals surface area contributed by atoms with Crippen LogP contribution in [-0.4, -0.2) is 14.9 Å². The number of hydrogen-bond donors (Lipinski definition) is 0. The molecule has 19 heavy (non-hydrogen) atoms. The summed E-state index contributed by atoms with van der Waals surface area (Å²) in [7, 11) is 0. The highest BCUT2D eigenvalue weighted by Gasteiger charge is 2.09. The average Bonchev–Trinajstić information content (AvgIpc) is 2.73. The molecule has 0 radical (unpaired) electrons. The predicted octanol–water partition coefficient (Wildman–Crippen LogP) is 2.55. The van der Waals surface area contributed by atoms with Gasteiger partial charge in [0.15, 0.2) is 5.78 Å². The third kappa shape index (κ3) is 3.34. The van der Waals surface area contributed by atoms with Gasteiger partial charge in [-0.15, -0.1) is 0 Å². The Balaban J connectivity index is 2.15. The Labute approximate surface area is 125 Å². The molecule has 0 aliphatic heterocycles. The maximum Gasteiger partial charge on any atom is 0.328 e. The highest BCUT2D eigenvalue weighted by atomic mass is 127. The zero-order chi connectivity index (χ0) is 13.8. The van der Waals surface area contributed by atoms with E-state index < -0.39 is 0 Å². The molecule has 1 aromatic carbocycles. The molecule has 0 fully saturated rings. The van der Waals surface area contributed by atoms with Crippen molar-refractivity contribution < 1.29 is 4.79 Å². The number of halogens is 1.